The number of benzene rings is 2. The number of nitrogens with zero attached hydrogens (tertiary/aromatic N) is 2. The average Bonchev–Trinajstić information content (AvgIpc) is 3.43. The summed E-state index contributed by atoms with van der Waals surface area (Å²) >= 11 is 0. The van der Waals surface area contributed by atoms with E-state index in [0.29, 0.717) is 36.5 Å². The second kappa shape index (κ2) is 7.58. The summed E-state index contributed by atoms with van der Waals surface area (Å²) in [7, 11) is 1.50. The molecule has 1 aliphatic rings. The SMILES string of the molecule is CCc1cc(C(=O)N2CCc3c([nH]c4ccccc34)[C@@H]2c2ccc(OC)cc2F)no1. The molecule has 1 atom stereocenters. The van der Waals surface area contributed by atoms with Crippen molar-refractivity contribution in [2.75, 3.05) is 13.7 Å². The number of hydrogen-bond acceptors (Lipinski definition) is 4. The number of para-hydroxylation sites is 1. The van der Waals surface area contributed by atoms with E-state index in [4.69, 9.17) is 9.26 Å². The van der Waals surface area contributed by atoms with Crippen molar-refractivity contribution in [2.45, 2.75) is 25.8 Å². The smallest absolute Gasteiger partial charge is 0.276 e. The van der Waals surface area contributed by atoms with Crippen molar-refractivity contribution in [3.05, 3.63) is 82.6 Å². The molecule has 4 aromatic rings. The maximum absolute atomic E-state index is 15.2. The number of amides is 1. The van der Waals surface area contributed by atoms with Gasteiger partial charge in [0.25, 0.3) is 5.91 Å². The summed E-state index contributed by atoms with van der Waals surface area (Å²) in [5.74, 6) is 0.353. The van der Waals surface area contributed by atoms with Crippen LogP contribution in [-0.2, 0) is 12.8 Å². The number of halogens is 1. The predicted molar refractivity (Wildman–Crippen MR) is 114 cm³/mol. The molecule has 0 saturated carbocycles. The summed E-state index contributed by atoms with van der Waals surface area (Å²) in [5.41, 5.74) is 3.53. The summed E-state index contributed by atoms with van der Waals surface area (Å²) in [6.07, 6.45) is 1.31. The van der Waals surface area contributed by atoms with Gasteiger partial charge in [-0.2, -0.15) is 0 Å². The lowest BCUT2D eigenvalue weighted by Gasteiger charge is -2.36. The van der Waals surface area contributed by atoms with Crippen LogP contribution < -0.4 is 4.74 Å². The number of rotatable bonds is 4. The number of nitrogens with one attached hydrogen (secondary N) is 1. The minimum Gasteiger partial charge on any atom is -0.497 e. The zero-order valence-corrected chi connectivity index (χ0v) is 17.3. The normalized spacial score (nSPS) is 15.8. The molecule has 6 nitrogen and oxygen atoms in total. The van der Waals surface area contributed by atoms with Gasteiger partial charge in [-0.25, -0.2) is 4.39 Å². The Morgan fingerprint density at radius 3 is 2.87 bits per heavy atom. The monoisotopic (exact) mass is 419 g/mol. The molecule has 1 aliphatic heterocycles. The molecule has 1 N–H and O–H groups in total. The van der Waals surface area contributed by atoms with E-state index >= 15 is 4.39 Å². The Hall–Kier alpha value is -3.61. The van der Waals surface area contributed by atoms with Gasteiger partial charge in [0, 0.05) is 47.3 Å². The van der Waals surface area contributed by atoms with Gasteiger partial charge in [0.1, 0.15) is 23.4 Å². The van der Waals surface area contributed by atoms with E-state index in [1.165, 1.54) is 13.2 Å². The van der Waals surface area contributed by atoms with Crippen molar-refractivity contribution in [3.8, 4) is 5.75 Å². The molecule has 5 rings (SSSR count). The maximum atomic E-state index is 15.2. The van der Waals surface area contributed by atoms with E-state index in [2.05, 4.69) is 16.2 Å². The van der Waals surface area contributed by atoms with Crippen LogP contribution in [0.4, 0.5) is 4.39 Å². The first kappa shape index (κ1) is 19.4. The third-order valence-electron chi connectivity index (χ3n) is 5.92. The number of carbonyl (C=O) groups excluding carboxylic acids is 1. The molecule has 0 radical (unpaired) electrons. The van der Waals surface area contributed by atoms with Crippen molar-refractivity contribution in [3.63, 3.8) is 0 Å². The van der Waals surface area contributed by atoms with E-state index in [-0.39, 0.29) is 11.6 Å². The highest BCUT2D eigenvalue weighted by atomic mass is 19.1. The van der Waals surface area contributed by atoms with Crippen molar-refractivity contribution in [2.24, 2.45) is 0 Å². The third kappa shape index (κ3) is 3.17. The number of methoxy groups -OCH3 is 1. The average molecular weight is 419 g/mol. The van der Waals surface area contributed by atoms with Crippen LogP contribution >= 0.6 is 0 Å². The number of carbonyl (C=O) groups is 1. The van der Waals surface area contributed by atoms with Crippen molar-refractivity contribution in [1.29, 1.82) is 0 Å². The summed E-state index contributed by atoms with van der Waals surface area (Å²) in [4.78, 5) is 18.5. The second-order valence-electron chi connectivity index (χ2n) is 7.63. The van der Waals surface area contributed by atoms with Gasteiger partial charge in [0.05, 0.1) is 7.11 Å². The first-order chi connectivity index (χ1) is 15.1. The van der Waals surface area contributed by atoms with Crippen LogP contribution in [0.1, 0.15) is 46.0 Å². The Bertz CT molecular complexity index is 1280. The van der Waals surface area contributed by atoms with E-state index < -0.39 is 11.9 Å². The van der Waals surface area contributed by atoms with E-state index in [1.807, 2.05) is 25.1 Å². The molecule has 7 heteroatoms. The quantitative estimate of drug-likeness (QED) is 0.523. The molecule has 1 amide bonds. The molecule has 0 saturated heterocycles. The maximum Gasteiger partial charge on any atom is 0.276 e. The van der Waals surface area contributed by atoms with Gasteiger partial charge in [-0.1, -0.05) is 30.3 Å². The Balaban J connectivity index is 1.66. The summed E-state index contributed by atoms with van der Waals surface area (Å²) < 4.78 is 25.6. The van der Waals surface area contributed by atoms with E-state index in [9.17, 15) is 4.79 Å². The van der Waals surface area contributed by atoms with Gasteiger partial charge >= 0.3 is 0 Å². The number of ether oxygens (including phenoxy) is 1. The van der Waals surface area contributed by atoms with Gasteiger partial charge in [-0.05, 0) is 30.2 Å². The van der Waals surface area contributed by atoms with Crippen molar-refractivity contribution < 1.29 is 18.4 Å². The van der Waals surface area contributed by atoms with Gasteiger partial charge in [0.2, 0.25) is 0 Å². The van der Waals surface area contributed by atoms with E-state index in [0.717, 1.165) is 22.2 Å². The van der Waals surface area contributed by atoms with Crippen molar-refractivity contribution in [1.82, 2.24) is 15.0 Å². The lowest BCUT2D eigenvalue weighted by molar-refractivity contribution is 0.0678. The lowest BCUT2D eigenvalue weighted by atomic mass is 9.91. The van der Waals surface area contributed by atoms with Crippen LogP contribution in [0, 0.1) is 5.82 Å². The minimum absolute atomic E-state index is 0.232. The molecular formula is C24H22FN3O3. The molecule has 0 bridgehead atoms. The van der Waals surface area contributed by atoms with Gasteiger partial charge in [-0.3, -0.25) is 4.79 Å². The van der Waals surface area contributed by atoms with Crippen LogP contribution in [0.5, 0.6) is 5.75 Å². The first-order valence-electron chi connectivity index (χ1n) is 10.3. The zero-order chi connectivity index (χ0) is 21.5. The van der Waals surface area contributed by atoms with Gasteiger partial charge < -0.3 is 19.1 Å². The van der Waals surface area contributed by atoms with Crippen LogP contribution in [0.2, 0.25) is 0 Å². The Labute approximate surface area is 178 Å². The minimum atomic E-state index is -0.615. The van der Waals surface area contributed by atoms with Crippen LogP contribution in [0.3, 0.4) is 0 Å². The largest absolute Gasteiger partial charge is 0.497 e. The Kier molecular flexibility index (Phi) is 4.73. The summed E-state index contributed by atoms with van der Waals surface area (Å²) in [6, 6.07) is 13.8. The lowest BCUT2D eigenvalue weighted by Crippen LogP contribution is -2.41. The highest BCUT2D eigenvalue weighted by Gasteiger charge is 2.37. The Morgan fingerprint density at radius 2 is 2.13 bits per heavy atom. The zero-order valence-electron chi connectivity index (χ0n) is 17.3. The predicted octanol–water partition coefficient (Wildman–Crippen LogP) is 4.65. The third-order valence-corrected chi connectivity index (χ3v) is 5.92. The molecule has 31 heavy (non-hydrogen) atoms. The Morgan fingerprint density at radius 1 is 1.29 bits per heavy atom. The second-order valence-corrected chi connectivity index (χ2v) is 7.63. The van der Waals surface area contributed by atoms with E-state index in [1.54, 1.807) is 23.1 Å². The first-order valence-corrected chi connectivity index (χ1v) is 10.3. The van der Waals surface area contributed by atoms with Crippen LogP contribution in [0.15, 0.2) is 53.1 Å². The number of fused-ring (bicyclic) bond motifs is 3. The molecule has 158 valence electrons. The van der Waals surface area contributed by atoms with Gasteiger partial charge in [-0.15, -0.1) is 0 Å². The van der Waals surface area contributed by atoms with Crippen LogP contribution in [-0.4, -0.2) is 34.6 Å². The molecule has 0 spiro atoms. The topological polar surface area (TPSA) is 71.4 Å². The molecule has 3 heterocycles. The fraction of sp³-hybridized carbons (Fsp3) is 0.250. The highest BCUT2D eigenvalue weighted by Crippen LogP contribution is 2.40. The number of hydrogen-bond donors (Lipinski definition) is 1. The standard InChI is InChI=1S/C24H22FN3O3/c1-3-14-13-21(27-31-14)24(29)28-11-10-17-16-6-4-5-7-20(16)26-22(17)23(28)18-9-8-15(30-2)12-19(18)25/h4-9,12-13,23,26H,3,10-11H2,1-2H3/t23-/m0/s1. The van der Waals surface area contributed by atoms with Crippen LogP contribution in [0.25, 0.3) is 10.9 Å². The molecule has 2 aromatic heterocycles. The number of H-pyrrole nitrogens is 1. The molecule has 0 unspecified atom stereocenters. The fourth-order valence-corrected chi connectivity index (χ4v) is 4.37. The summed E-state index contributed by atoms with van der Waals surface area (Å²) in [6.45, 7) is 2.38. The highest BCUT2D eigenvalue weighted by molar-refractivity contribution is 5.94. The molecule has 2 aromatic carbocycles. The van der Waals surface area contributed by atoms with Gasteiger partial charge in [0.15, 0.2) is 5.69 Å². The molecular weight excluding hydrogens is 397 g/mol. The fourth-order valence-electron chi connectivity index (χ4n) is 4.37. The number of aryl methyl sites for hydroxylation is 1. The summed E-state index contributed by atoms with van der Waals surface area (Å²) in [5, 5.41) is 5.04. The molecule has 0 aliphatic carbocycles. The molecule has 0 fully saturated rings. The number of aromatic nitrogens is 2. The van der Waals surface area contributed by atoms with Crippen molar-refractivity contribution >= 4 is 16.8 Å². The number of aromatic amines is 1.